The van der Waals surface area contributed by atoms with E-state index < -0.39 is 6.09 Å². The van der Waals surface area contributed by atoms with E-state index in [1.165, 1.54) is 0 Å². The van der Waals surface area contributed by atoms with Crippen molar-refractivity contribution in [3.63, 3.8) is 0 Å². The fraction of sp³-hybridized carbons (Fsp3) is 0.235. The van der Waals surface area contributed by atoms with Gasteiger partial charge in [-0.2, -0.15) is 0 Å². The van der Waals surface area contributed by atoms with E-state index in [9.17, 15) is 4.79 Å². The Hall–Kier alpha value is -1.62. The molecule has 0 spiro atoms. The van der Waals surface area contributed by atoms with Gasteiger partial charge in [0.05, 0.1) is 10.0 Å². The lowest BCUT2D eigenvalue weighted by molar-refractivity contribution is 0.188. The first-order valence-electron chi connectivity index (χ1n) is 7.36. The summed E-state index contributed by atoms with van der Waals surface area (Å²) in [5.74, 6) is 0.740. The van der Waals surface area contributed by atoms with Crippen molar-refractivity contribution in [1.29, 1.82) is 0 Å². The number of hydrogen-bond acceptors (Lipinski definition) is 2. The number of hydrogen-bond donors (Lipinski definition) is 2. The summed E-state index contributed by atoms with van der Waals surface area (Å²) in [7, 11) is 0. The van der Waals surface area contributed by atoms with Gasteiger partial charge in [0.25, 0.3) is 0 Å². The van der Waals surface area contributed by atoms with Crippen LogP contribution in [0.15, 0.2) is 30.3 Å². The number of fused-ring (bicyclic) bond motifs is 1. The third-order valence-electron chi connectivity index (χ3n) is 3.85. The molecule has 2 aromatic carbocycles. The first kappa shape index (κ1) is 17.2. The quantitative estimate of drug-likeness (QED) is 0.752. The number of rotatable bonds is 4. The van der Waals surface area contributed by atoms with Crippen LogP contribution >= 0.6 is 34.8 Å². The molecular formula is C17H14Cl3NO3. The largest absolute Gasteiger partial charge is 0.489 e. The van der Waals surface area contributed by atoms with Crippen LogP contribution in [-0.4, -0.2) is 23.8 Å². The van der Waals surface area contributed by atoms with Gasteiger partial charge in [-0.05, 0) is 17.7 Å². The van der Waals surface area contributed by atoms with E-state index in [2.05, 4.69) is 5.32 Å². The molecule has 2 aromatic rings. The standard InChI is InChI=1S/C17H14Cl3NO3/c18-10-7-13(19)15(14(20)8-10)12-3-1-2-9-6-11(24-16(9)12)4-5-21-17(22)23/h1-3,7-8,11,21H,4-6H2,(H,22,23). The summed E-state index contributed by atoms with van der Waals surface area (Å²) >= 11 is 18.6. The monoisotopic (exact) mass is 385 g/mol. The molecule has 0 fully saturated rings. The number of para-hydroxylation sites is 1. The van der Waals surface area contributed by atoms with Crippen molar-refractivity contribution >= 4 is 40.9 Å². The highest BCUT2D eigenvalue weighted by Crippen LogP contribution is 2.45. The zero-order chi connectivity index (χ0) is 17.3. The maximum atomic E-state index is 10.5. The smallest absolute Gasteiger partial charge is 0.404 e. The number of nitrogens with one attached hydrogen (secondary N) is 1. The molecule has 0 radical (unpaired) electrons. The number of carbonyl (C=O) groups is 1. The molecule has 1 unspecified atom stereocenters. The van der Waals surface area contributed by atoms with Gasteiger partial charge in [-0.1, -0.05) is 53.0 Å². The highest BCUT2D eigenvalue weighted by molar-refractivity contribution is 6.42. The molecule has 3 rings (SSSR count). The minimum atomic E-state index is -1.04. The van der Waals surface area contributed by atoms with Crippen LogP contribution in [0.2, 0.25) is 15.1 Å². The van der Waals surface area contributed by atoms with Crippen LogP contribution in [0.4, 0.5) is 4.79 Å². The second-order valence-electron chi connectivity index (χ2n) is 5.50. The van der Waals surface area contributed by atoms with Gasteiger partial charge in [0.1, 0.15) is 11.9 Å². The lowest BCUT2D eigenvalue weighted by Gasteiger charge is -2.14. The first-order chi connectivity index (χ1) is 11.5. The first-order valence-corrected chi connectivity index (χ1v) is 8.49. The Morgan fingerprint density at radius 3 is 2.62 bits per heavy atom. The summed E-state index contributed by atoms with van der Waals surface area (Å²) < 4.78 is 6.03. The molecule has 1 aliphatic heterocycles. The van der Waals surface area contributed by atoms with Gasteiger partial charge in [-0.15, -0.1) is 0 Å². The van der Waals surface area contributed by atoms with E-state index in [0.29, 0.717) is 40.0 Å². The Labute approximate surface area is 154 Å². The Morgan fingerprint density at radius 2 is 1.96 bits per heavy atom. The van der Waals surface area contributed by atoms with Crippen LogP contribution in [0.3, 0.4) is 0 Å². The Kier molecular flexibility index (Phi) is 5.09. The zero-order valence-electron chi connectivity index (χ0n) is 12.5. The van der Waals surface area contributed by atoms with E-state index in [1.807, 2.05) is 18.2 Å². The molecule has 2 N–H and O–H groups in total. The van der Waals surface area contributed by atoms with Crippen molar-refractivity contribution in [2.24, 2.45) is 0 Å². The van der Waals surface area contributed by atoms with E-state index in [0.717, 1.165) is 16.9 Å². The van der Waals surface area contributed by atoms with E-state index in [1.54, 1.807) is 12.1 Å². The predicted octanol–water partition coefficient (Wildman–Crippen LogP) is 5.28. The van der Waals surface area contributed by atoms with Gasteiger partial charge in [-0.25, -0.2) is 4.79 Å². The molecule has 7 heteroatoms. The molecule has 1 atom stereocenters. The van der Waals surface area contributed by atoms with Crippen LogP contribution in [0.25, 0.3) is 11.1 Å². The second kappa shape index (κ2) is 7.09. The molecule has 126 valence electrons. The van der Waals surface area contributed by atoms with Gasteiger partial charge in [-0.3, -0.25) is 0 Å². The third-order valence-corrected chi connectivity index (χ3v) is 4.66. The predicted molar refractivity (Wildman–Crippen MR) is 95.7 cm³/mol. The average molecular weight is 387 g/mol. The topological polar surface area (TPSA) is 58.6 Å². The Balaban J connectivity index is 1.88. The zero-order valence-corrected chi connectivity index (χ0v) is 14.8. The van der Waals surface area contributed by atoms with Gasteiger partial charge < -0.3 is 15.2 Å². The van der Waals surface area contributed by atoms with Crippen molar-refractivity contribution in [3.8, 4) is 16.9 Å². The number of ether oxygens (including phenoxy) is 1. The van der Waals surface area contributed by atoms with E-state index >= 15 is 0 Å². The van der Waals surface area contributed by atoms with E-state index in [4.69, 9.17) is 44.6 Å². The SMILES string of the molecule is O=C(O)NCCC1Cc2cccc(-c3c(Cl)cc(Cl)cc3Cl)c2O1. The fourth-order valence-corrected chi connectivity index (χ4v) is 3.86. The highest BCUT2D eigenvalue weighted by atomic mass is 35.5. The molecular weight excluding hydrogens is 373 g/mol. The maximum Gasteiger partial charge on any atom is 0.404 e. The number of amides is 1. The lowest BCUT2D eigenvalue weighted by Crippen LogP contribution is -2.26. The van der Waals surface area contributed by atoms with Gasteiger partial charge in [0.15, 0.2) is 0 Å². The van der Waals surface area contributed by atoms with Gasteiger partial charge >= 0.3 is 6.09 Å². The molecule has 0 saturated heterocycles. The van der Waals surface area contributed by atoms with Crippen LogP contribution in [0, 0.1) is 0 Å². The minimum Gasteiger partial charge on any atom is -0.489 e. The third kappa shape index (κ3) is 3.56. The summed E-state index contributed by atoms with van der Waals surface area (Å²) in [6.07, 6.45) is 0.180. The van der Waals surface area contributed by atoms with Gasteiger partial charge in [0, 0.05) is 35.5 Å². The van der Waals surface area contributed by atoms with Crippen molar-refractivity contribution < 1.29 is 14.6 Å². The lowest BCUT2D eigenvalue weighted by atomic mass is 10.00. The molecule has 1 amide bonds. The number of benzene rings is 2. The number of halogens is 3. The van der Waals surface area contributed by atoms with Crippen LogP contribution in [0.5, 0.6) is 5.75 Å². The fourth-order valence-electron chi connectivity index (χ4n) is 2.84. The summed E-state index contributed by atoms with van der Waals surface area (Å²) in [4.78, 5) is 10.5. The van der Waals surface area contributed by atoms with Crippen LogP contribution < -0.4 is 10.1 Å². The van der Waals surface area contributed by atoms with Crippen molar-refractivity contribution in [1.82, 2.24) is 5.32 Å². The molecule has 4 nitrogen and oxygen atoms in total. The summed E-state index contributed by atoms with van der Waals surface area (Å²) in [6, 6.07) is 9.11. The molecule has 0 bridgehead atoms. The van der Waals surface area contributed by atoms with Crippen molar-refractivity contribution in [2.75, 3.05) is 6.54 Å². The highest BCUT2D eigenvalue weighted by Gasteiger charge is 2.27. The Morgan fingerprint density at radius 1 is 1.25 bits per heavy atom. The molecule has 0 saturated carbocycles. The second-order valence-corrected chi connectivity index (χ2v) is 6.75. The van der Waals surface area contributed by atoms with Crippen molar-refractivity contribution in [3.05, 3.63) is 51.0 Å². The maximum absolute atomic E-state index is 10.5. The summed E-state index contributed by atoms with van der Waals surface area (Å²) in [6.45, 7) is 0.339. The van der Waals surface area contributed by atoms with Gasteiger partial charge in [0.2, 0.25) is 0 Å². The van der Waals surface area contributed by atoms with Crippen molar-refractivity contribution in [2.45, 2.75) is 18.9 Å². The molecule has 1 aliphatic rings. The minimum absolute atomic E-state index is 0.0853. The molecule has 1 heterocycles. The number of carboxylic acid groups (broad SMARTS) is 1. The van der Waals surface area contributed by atoms with Crippen LogP contribution in [-0.2, 0) is 6.42 Å². The molecule has 0 aliphatic carbocycles. The average Bonchev–Trinajstić information content (AvgIpc) is 2.89. The summed E-state index contributed by atoms with van der Waals surface area (Å²) in [5.41, 5.74) is 2.55. The molecule has 0 aromatic heterocycles. The van der Waals surface area contributed by atoms with E-state index in [-0.39, 0.29) is 6.10 Å². The summed E-state index contributed by atoms with van der Waals surface area (Å²) in [5, 5.41) is 12.4. The normalized spacial score (nSPS) is 15.7. The Bertz CT molecular complexity index is 772. The molecule has 24 heavy (non-hydrogen) atoms. The van der Waals surface area contributed by atoms with Crippen LogP contribution in [0.1, 0.15) is 12.0 Å².